The molecule has 8 rings (SSSR count). The van der Waals surface area contributed by atoms with Crippen LogP contribution in [-0.4, -0.2) is 33.8 Å². The van der Waals surface area contributed by atoms with Crippen LogP contribution in [0.15, 0.2) is 10.2 Å². The van der Waals surface area contributed by atoms with E-state index in [4.69, 9.17) is 10.2 Å². The minimum atomic E-state index is -0.0722. The molecule has 8 aliphatic carbocycles. The van der Waals surface area contributed by atoms with Gasteiger partial charge in [-0.2, -0.15) is 10.2 Å². The summed E-state index contributed by atoms with van der Waals surface area (Å²) in [4.78, 5) is 0. The molecule has 4 nitrogen and oxygen atoms in total. The lowest BCUT2D eigenvalue weighted by Crippen LogP contribution is -2.55. The first-order valence-electron chi connectivity index (χ1n) is 19.4. The van der Waals surface area contributed by atoms with Crippen molar-refractivity contribution in [2.24, 2.45) is 91.0 Å². The standard InChI is InChI=1S/C40H64N2O2/c1-23-21-39(5)25(7-9-27-29-11-13-35(43)37(29,3)17-15-31(27)39)19-33(23)41-42-34-20-26-8-10-28-30-12-14-36(44)38(30,4)18-16-32(28)40(26,6)22-24(34)2/h23-32,35-36,43-44H,7-22H2,1-6H3/b41-33-,42-34+/t23?,24?,25?,26?,27?,28?,29?,30?,31?,32?,35?,36?,37-,38-,39-,40-/m0/s1. The Morgan fingerprint density at radius 2 is 0.886 bits per heavy atom. The fraction of sp³-hybridized carbons (Fsp3) is 0.950. The van der Waals surface area contributed by atoms with E-state index in [0.29, 0.717) is 22.7 Å². The molecule has 4 heteroatoms. The quantitative estimate of drug-likeness (QED) is 0.293. The summed E-state index contributed by atoms with van der Waals surface area (Å²) in [5.74, 6) is 7.34. The van der Waals surface area contributed by atoms with Crippen LogP contribution in [0.4, 0.5) is 0 Å². The van der Waals surface area contributed by atoms with Crippen molar-refractivity contribution >= 4 is 11.4 Å². The Morgan fingerprint density at radius 3 is 1.30 bits per heavy atom. The van der Waals surface area contributed by atoms with E-state index in [1.54, 1.807) is 0 Å². The Kier molecular flexibility index (Phi) is 7.21. The van der Waals surface area contributed by atoms with Gasteiger partial charge in [-0.3, -0.25) is 0 Å². The molecule has 246 valence electrons. The summed E-state index contributed by atoms with van der Waals surface area (Å²) in [5.41, 5.74) is 3.99. The first kappa shape index (κ1) is 30.6. The second-order valence-electron chi connectivity index (χ2n) is 19.4. The van der Waals surface area contributed by atoms with Crippen molar-refractivity contribution in [3.05, 3.63) is 0 Å². The van der Waals surface area contributed by atoms with Gasteiger partial charge in [0.15, 0.2) is 0 Å². The number of hydrogen-bond donors (Lipinski definition) is 2. The van der Waals surface area contributed by atoms with Crippen LogP contribution >= 0.6 is 0 Å². The Bertz CT molecular complexity index is 1120. The van der Waals surface area contributed by atoms with E-state index in [1.807, 2.05) is 0 Å². The highest BCUT2D eigenvalue weighted by molar-refractivity contribution is 5.91. The van der Waals surface area contributed by atoms with E-state index < -0.39 is 0 Å². The van der Waals surface area contributed by atoms with Gasteiger partial charge in [0.2, 0.25) is 0 Å². The highest BCUT2D eigenvalue weighted by Crippen LogP contribution is 2.68. The molecule has 0 aromatic heterocycles. The monoisotopic (exact) mass is 604 g/mol. The summed E-state index contributed by atoms with van der Waals surface area (Å²) in [6.07, 6.45) is 19.8. The maximum absolute atomic E-state index is 10.9. The minimum Gasteiger partial charge on any atom is -0.393 e. The van der Waals surface area contributed by atoms with Crippen molar-refractivity contribution in [1.29, 1.82) is 0 Å². The van der Waals surface area contributed by atoms with Crippen LogP contribution in [0.3, 0.4) is 0 Å². The molecule has 8 fully saturated rings. The number of nitrogens with zero attached hydrogens (tertiary/aromatic N) is 2. The third kappa shape index (κ3) is 4.20. The molecule has 0 amide bonds. The first-order valence-corrected chi connectivity index (χ1v) is 19.4. The lowest BCUT2D eigenvalue weighted by Gasteiger charge is -2.61. The highest BCUT2D eigenvalue weighted by atomic mass is 16.3. The van der Waals surface area contributed by atoms with Crippen LogP contribution in [0.2, 0.25) is 0 Å². The molecule has 16 atom stereocenters. The molecule has 0 aliphatic heterocycles. The summed E-state index contributed by atoms with van der Waals surface area (Å²) in [7, 11) is 0. The van der Waals surface area contributed by atoms with Gasteiger partial charge in [0.1, 0.15) is 0 Å². The smallest absolute Gasteiger partial charge is 0.0596 e. The van der Waals surface area contributed by atoms with Gasteiger partial charge < -0.3 is 10.2 Å². The fourth-order valence-corrected chi connectivity index (χ4v) is 15.2. The Morgan fingerprint density at radius 1 is 0.500 bits per heavy atom. The third-order valence-electron chi connectivity index (χ3n) is 17.9. The van der Waals surface area contributed by atoms with Gasteiger partial charge in [0.05, 0.1) is 12.2 Å². The summed E-state index contributed by atoms with van der Waals surface area (Å²) >= 11 is 0. The molecule has 8 saturated carbocycles. The molecule has 0 heterocycles. The fourth-order valence-electron chi connectivity index (χ4n) is 15.2. The summed E-state index contributed by atoms with van der Waals surface area (Å²) in [6, 6.07) is 0. The SMILES string of the molecule is CC1C[C@@]2(C)C(CCC3C2CC[C@]2(C)C(O)CCC32)C/C1=N/N=C1\CC2CCC3C(CC[C@]4(C)C(O)CCC34)[C@@]2(C)CC1C. The van der Waals surface area contributed by atoms with Gasteiger partial charge in [-0.25, -0.2) is 0 Å². The molecule has 8 aliphatic rings. The molecule has 0 radical (unpaired) electrons. The molecule has 2 N–H and O–H groups in total. The third-order valence-corrected chi connectivity index (χ3v) is 17.9. The average Bonchev–Trinajstić information content (AvgIpc) is 3.46. The van der Waals surface area contributed by atoms with Gasteiger partial charge in [0.25, 0.3) is 0 Å². The molecule has 0 bridgehead atoms. The zero-order valence-corrected chi connectivity index (χ0v) is 29.0. The number of hydrogen-bond acceptors (Lipinski definition) is 4. The molecule has 0 spiro atoms. The molecule has 12 unspecified atom stereocenters. The normalized spacial score (nSPS) is 60.2. The Labute approximate surface area is 268 Å². The number of aliphatic hydroxyl groups excluding tert-OH is 2. The Hall–Kier alpha value is -0.740. The summed E-state index contributed by atoms with van der Waals surface area (Å²) < 4.78 is 0. The van der Waals surface area contributed by atoms with Crippen molar-refractivity contribution in [3.63, 3.8) is 0 Å². The predicted octanol–water partition coefficient (Wildman–Crippen LogP) is 9.08. The molecule has 0 saturated heterocycles. The lowest BCUT2D eigenvalue weighted by molar-refractivity contribution is -0.116. The average molecular weight is 605 g/mol. The number of fused-ring (bicyclic) bond motifs is 10. The van der Waals surface area contributed by atoms with E-state index >= 15 is 0 Å². The van der Waals surface area contributed by atoms with E-state index in [1.165, 1.54) is 88.5 Å². The zero-order valence-electron chi connectivity index (χ0n) is 29.0. The van der Waals surface area contributed by atoms with Gasteiger partial charge in [-0.1, -0.05) is 41.5 Å². The topological polar surface area (TPSA) is 65.2 Å². The van der Waals surface area contributed by atoms with E-state index in [-0.39, 0.29) is 23.0 Å². The predicted molar refractivity (Wildman–Crippen MR) is 179 cm³/mol. The van der Waals surface area contributed by atoms with Crippen molar-refractivity contribution in [3.8, 4) is 0 Å². The maximum Gasteiger partial charge on any atom is 0.0596 e. The second kappa shape index (κ2) is 10.4. The second-order valence-corrected chi connectivity index (χ2v) is 19.4. The van der Waals surface area contributed by atoms with E-state index in [9.17, 15) is 10.2 Å². The maximum atomic E-state index is 10.9. The van der Waals surface area contributed by atoms with Crippen LogP contribution in [0.5, 0.6) is 0 Å². The number of aliphatic hydroxyl groups is 2. The molecular formula is C40H64N2O2. The van der Waals surface area contributed by atoms with Crippen LogP contribution in [0.25, 0.3) is 0 Å². The minimum absolute atomic E-state index is 0.0722. The van der Waals surface area contributed by atoms with Crippen molar-refractivity contribution < 1.29 is 10.2 Å². The van der Waals surface area contributed by atoms with Crippen LogP contribution in [-0.2, 0) is 0 Å². The van der Waals surface area contributed by atoms with E-state index in [2.05, 4.69) is 41.5 Å². The van der Waals surface area contributed by atoms with Gasteiger partial charge >= 0.3 is 0 Å². The molecular weight excluding hydrogens is 540 g/mol. The van der Waals surface area contributed by atoms with Crippen molar-refractivity contribution in [2.45, 2.75) is 156 Å². The Balaban J connectivity index is 0.970. The zero-order chi connectivity index (χ0) is 30.8. The van der Waals surface area contributed by atoms with Crippen LogP contribution < -0.4 is 0 Å². The van der Waals surface area contributed by atoms with Gasteiger partial charge in [-0.15, -0.1) is 0 Å². The first-order chi connectivity index (χ1) is 20.9. The van der Waals surface area contributed by atoms with Crippen LogP contribution in [0, 0.1) is 80.8 Å². The van der Waals surface area contributed by atoms with Gasteiger partial charge in [0, 0.05) is 11.4 Å². The summed E-state index contributed by atoms with van der Waals surface area (Å²) in [5, 5.41) is 32.1. The molecule has 0 aromatic rings. The van der Waals surface area contributed by atoms with Crippen LogP contribution in [0.1, 0.15) is 144 Å². The van der Waals surface area contributed by atoms with E-state index in [0.717, 1.165) is 73.0 Å². The highest BCUT2D eigenvalue weighted by Gasteiger charge is 2.62. The van der Waals surface area contributed by atoms with Crippen molar-refractivity contribution in [2.75, 3.05) is 0 Å². The largest absolute Gasteiger partial charge is 0.393 e. The summed E-state index contributed by atoms with van der Waals surface area (Å²) in [6.45, 7) is 15.1. The van der Waals surface area contributed by atoms with Crippen molar-refractivity contribution in [1.82, 2.24) is 0 Å². The molecule has 44 heavy (non-hydrogen) atoms. The molecule has 0 aromatic carbocycles. The lowest BCUT2D eigenvalue weighted by atomic mass is 9.44. The van der Waals surface area contributed by atoms with Gasteiger partial charge in [-0.05, 0) is 184 Å². The number of rotatable bonds is 1.